The first kappa shape index (κ1) is 12.9. The third-order valence-electron chi connectivity index (χ3n) is 2.35. The lowest BCUT2D eigenvalue weighted by Gasteiger charge is -2.19. The predicted octanol–water partition coefficient (Wildman–Crippen LogP) is 2.11. The summed E-state index contributed by atoms with van der Waals surface area (Å²) in [6, 6.07) is 0. The minimum Gasteiger partial charge on any atom is -0.317 e. The molecule has 0 bridgehead atoms. The zero-order chi connectivity index (χ0) is 9.94. The second-order valence-corrected chi connectivity index (χ2v) is 3.49. The Hall–Kier alpha value is -0.0800. The van der Waals surface area contributed by atoms with Crippen molar-refractivity contribution in [3.8, 4) is 0 Å². The molecule has 0 aromatic carbocycles. The summed E-state index contributed by atoms with van der Waals surface area (Å²) in [7, 11) is 0. The van der Waals surface area contributed by atoms with Crippen molar-refractivity contribution in [3.05, 3.63) is 0 Å². The standard InChI is InChI=1S/C11H26N2/c1-4-7-10-13(6-3)11-8-9-12-5-2/h12H,4-11H2,1-3H3. The third-order valence-corrected chi connectivity index (χ3v) is 2.35. The van der Waals surface area contributed by atoms with Crippen molar-refractivity contribution in [1.29, 1.82) is 0 Å². The van der Waals surface area contributed by atoms with Crippen molar-refractivity contribution in [1.82, 2.24) is 10.2 Å². The highest BCUT2D eigenvalue weighted by atomic mass is 15.1. The smallest absolute Gasteiger partial charge is 0.000676 e. The second kappa shape index (κ2) is 10.0. The van der Waals surface area contributed by atoms with Crippen LogP contribution < -0.4 is 5.32 Å². The molecule has 2 nitrogen and oxygen atoms in total. The van der Waals surface area contributed by atoms with Gasteiger partial charge in [-0.25, -0.2) is 0 Å². The molecule has 0 aromatic rings. The van der Waals surface area contributed by atoms with Crippen LogP contribution in [0.2, 0.25) is 0 Å². The molecule has 2 heteroatoms. The lowest BCUT2D eigenvalue weighted by molar-refractivity contribution is 0.279. The molecule has 0 saturated carbocycles. The van der Waals surface area contributed by atoms with E-state index in [1.165, 1.54) is 45.4 Å². The van der Waals surface area contributed by atoms with Crippen molar-refractivity contribution in [2.24, 2.45) is 0 Å². The second-order valence-electron chi connectivity index (χ2n) is 3.49. The first-order chi connectivity index (χ1) is 6.35. The molecule has 80 valence electrons. The van der Waals surface area contributed by atoms with E-state index >= 15 is 0 Å². The van der Waals surface area contributed by atoms with Crippen LogP contribution in [-0.4, -0.2) is 37.6 Å². The third kappa shape index (κ3) is 8.26. The zero-order valence-corrected chi connectivity index (χ0v) is 9.60. The normalized spacial score (nSPS) is 11.1. The zero-order valence-electron chi connectivity index (χ0n) is 9.60. The van der Waals surface area contributed by atoms with Crippen molar-refractivity contribution in [2.45, 2.75) is 40.0 Å². The molecule has 0 aliphatic heterocycles. The number of hydrogen-bond acceptors (Lipinski definition) is 2. The van der Waals surface area contributed by atoms with Crippen LogP contribution >= 0.6 is 0 Å². The summed E-state index contributed by atoms with van der Waals surface area (Å²) in [6.07, 6.45) is 3.93. The van der Waals surface area contributed by atoms with E-state index < -0.39 is 0 Å². The summed E-state index contributed by atoms with van der Waals surface area (Å²) in [5.41, 5.74) is 0. The average molecular weight is 186 g/mol. The molecular formula is C11H26N2. The average Bonchev–Trinajstić information content (AvgIpc) is 2.17. The van der Waals surface area contributed by atoms with Gasteiger partial charge in [-0.3, -0.25) is 0 Å². The SMILES string of the molecule is CCCCN(CC)CCCNCC. The van der Waals surface area contributed by atoms with Crippen LogP contribution in [0.5, 0.6) is 0 Å². The lowest BCUT2D eigenvalue weighted by Crippen LogP contribution is -2.28. The van der Waals surface area contributed by atoms with E-state index in [1.807, 2.05) is 0 Å². The molecule has 0 atom stereocenters. The Balaban J connectivity index is 3.25. The number of nitrogens with one attached hydrogen (secondary N) is 1. The largest absolute Gasteiger partial charge is 0.317 e. The molecule has 0 aliphatic carbocycles. The van der Waals surface area contributed by atoms with E-state index in [4.69, 9.17) is 0 Å². The molecule has 0 fully saturated rings. The summed E-state index contributed by atoms with van der Waals surface area (Å²) in [5, 5.41) is 3.36. The van der Waals surface area contributed by atoms with E-state index in [0.717, 1.165) is 6.54 Å². The molecular weight excluding hydrogens is 160 g/mol. The highest BCUT2D eigenvalue weighted by Crippen LogP contribution is 1.95. The highest BCUT2D eigenvalue weighted by Gasteiger charge is 1.99. The molecule has 1 N–H and O–H groups in total. The molecule has 0 aliphatic rings. The highest BCUT2D eigenvalue weighted by molar-refractivity contribution is 4.56. The van der Waals surface area contributed by atoms with E-state index in [-0.39, 0.29) is 0 Å². The van der Waals surface area contributed by atoms with E-state index in [0.29, 0.717) is 0 Å². The molecule has 13 heavy (non-hydrogen) atoms. The molecule has 0 amide bonds. The molecule has 0 radical (unpaired) electrons. The topological polar surface area (TPSA) is 15.3 Å². The van der Waals surface area contributed by atoms with Gasteiger partial charge >= 0.3 is 0 Å². The molecule has 0 aromatic heterocycles. The minimum atomic E-state index is 1.10. The Morgan fingerprint density at radius 3 is 2.23 bits per heavy atom. The predicted molar refractivity (Wildman–Crippen MR) is 60.2 cm³/mol. The fraction of sp³-hybridized carbons (Fsp3) is 1.00. The van der Waals surface area contributed by atoms with Gasteiger partial charge in [-0.05, 0) is 45.6 Å². The van der Waals surface area contributed by atoms with Gasteiger partial charge in [0.1, 0.15) is 0 Å². The lowest BCUT2D eigenvalue weighted by atomic mass is 10.3. The van der Waals surface area contributed by atoms with E-state index in [9.17, 15) is 0 Å². The maximum atomic E-state index is 3.36. The quantitative estimate of drug-likeness (QED) is 0.555. The van der Waals surface area contributed by atoms with Crippen LogP contribution in [0.1, 0.15) is 40.0 Å². The van der Waals surface area contributed by atoms with Crippen LogP contribution in [0.25, 0.3) is 0 Å². The maximum Gasteiger partial charge on any atom is -0.000676 e. The Morgan fingerprint density at radius 1 is 1.00 bits per heavy atom. The molecule has 0 heterocycles. The van der Waals surface area contributed by atoms with Crippen LogP contribution in [0.15, 0.2) is 0 Å². The van der Waals surface area contributed by atoms with Crippen molar-refractivity contribution >= 4 is 0 Å². The van der Waals surface area contributed by atoms with Gasteiger partial charge < -0.3 is 10.2 Å². The Bertz CT molecular complexity index is 94.1. The summed E-state index contributed by atoms with van der Waals surface area (Å²) < 4.78 is 0. The van der Waals surface area contributed by atoms with Crippen molar-refractivity contribution in [2.75, 3.05) is 32.7 Å². The number of rotatable bonds is 9. The van der Waals surface area contributed by atoms with Gasteiger partial charge in [-0.2, -0.15) is 0 Å². The summed E-state index contributed by atoms with van der Waals surface area (Å²) in [4.78, 5) is 2.54. The van der Waals surface area contributed by atoms with Gasteiger partial charge in [0.25, 0.3) is 0 Å². The summed E-state index contributed by atoms with van der Waals surface area (Å²) >= 11 is 0. The monoisotopic (exact) mass is 186 g/mol. The van der Waals surface area contributed by atoms with Gasteiger partial charge in [-0.1, -0.05) is 27.2 Å². The van der Waals surface area contributed by atoms with Crippen molar-refractivity contribution < 1.29 is 0 Å². The fourth-order valence-corrected chi connectivity index (χ4v) is 1.41. The number of nitrogens with zero attached hydrogens (tertiary/aromatic N) is 1. The molecule has 0 rings (SSSR count). The summed E-state index contributed by atoms with van der Waals surface area (Å²) in [5.74, 6) is 0. The summed E-state index contributed by atoms with van der Waals surface area (Å²) in [6.45, 7) is 12.7. The number of hydrogen-bond donors (Lipinski definition) is 1. The molecule has 0 unspecified atom stereocenters. The van der Waals surface area contributed by atoms with Gasteiger partial charge in [0, 0.05) is 0 Å². The first-order valence-electron chi connectivity index (χ1n) is 5.78. The fourth-order valence-electron chi connectivity index (χ4n) is 1.41. The van der Waals surface area contributed by atoms with Gasteiger partial charge in [-0.15, -0.1) is 0 Å². The Kier molecular flexibility index (Phi) is 9.94. The van der Waals surface area contributed by atoms with Crippen LogP contribution in [0.4, 0.5) is 0 Å². The van der Waals surface area contributed by atoms with Gasteiger partial charge in [0.2, 0.25) is 0 Å². The van der Waals surface area contributed by atoms with Crippen LogP contribution in [-0.2, 0) is 0 Å². The molecule has 0 spiro atoms. The van der Waals surface area contributed by atoms with Crippen LogP contribution in [0.3, 0.4) is 0 Å². The maximum absolute atomic E-state index is 3.36. The van der Waals surface area contributed by atoms with Crippen LogP contribution in [0, 0.1) is 0 Å². The van der Waals surface area contributed by atoms with E-state index in [2.05, 4.69) is 31.0 Å². The van der Waals surface area contributed by atoms with Crippen molar-refractivity contribution in [3.63, 3.8) is 0 Å². The minimum absolute atomic E-state index is 1.10. The Morgan fingerprint density at radius 2 is 1.69 bits per heavy atom. The van der Waals surface area contributed by atoms with Gasteiger partial charge in [0.05, 0.1) is 0 Å². The first-order valence-corrected chi connectivity index (χ1v) is 5.78. The number of unbranched alkanes of at least 4 members (excludes halogenated alkanes) is 1. The molecule has 0 saturated heterocycles. The van der Waals surface area contributed by atoms with Gasteiger partial charge in [0.15, 0.2) is 0 Å². The van der Waals surface area contributed by atoms with E-state index in [1.54, 1.807) is 0 Å². The Labute approximate surface area is 83.7 Å².